The quantitative estimate of drug-likeness (QED) is 0.581. The molecule has 0 saturated heterocycles. The van der Waals surface area contributed by atoms with Gasteiger partial charge in [-0.05, 0) is 65.4 Å². The van der Waals surface area contributed by atoms with Crippen molar-refractivity contribution in [3.63, 3.8) is 0 Å². The zero-order valence-corrected chi connectivity index (χ0v) is 15.1. The van der Waals surface area contributed by atoms with Gasteiger partial charge in [0.1, 0.15) is 10.7 Å². The van der Waals surface area contributed by atoms with Crippen LogP contribution in [0.5, 0.6) is 0 Å². The Morgan fingerprint density at radius 3 is 2.39 bits per heavy atom. The van der Waals surface area contributed by atoms with E-state index in [0.29, 0.717) is 5.69 Å². The highest BCUT2D eigenvalue weighted by Gasteiger charge is 2.38. The summed E-state index contributed by atoms with van der Waals surface area (Å²) in [6.45, 7) is 1.93. The monoisotopic (exact) mass is 438 g/mol. The second kappa shape index (κ2) is 6.33. The van der Waals surface area contributed by atoms with Gasteiger partial charge in [-0.3, -0.25) is 9.59 Å². The number of aryl methyl sites for hydroxylation is 1. The first-order valence-corrected chi connectivity index (χ1v) is 8.31. The Bertz CT molecular complexity index is 834. The van der Waals surface area contributed by atoms with Crippen LogP contribution in [0.1, 0.15) is 5.56 Å². The van der Waals surface area contributed by atoms with Gasteiger partial charge in [-0.2, -0.15) is 0 Å². The van der Waals surface area contributed by atoms with Crippen molar-refractivity contribution in [2.45, 2.75) is 6.92 Å². The van der Waals surface area contributed by atoms with Gasteiger partial charge in [0.2, 0.25) is 0 Å². The zero-order chi connectivity index (χ0) is 16.6. The molecule has 0 fully saturated rings. The highest BCUT2D eigenvalue weighted by atomic mass is 127. The van der Waals surface area contributed by atoms with Gasteiger partial charge in [0, 0.05) is 9.26 Å². The molecule has 1 heterocycles. The number of halogens is 2. The fourth-order valence-corrected chi connectivity index (χ4v) is 3.18. The van der Waals surface area contributed by atoms with E-state index < -0.39 is 11.8 Å². The van der Waals surface area contributed by atoms with E-state index in [9.17, 15) is 9.59 Å². The lowest BCUT2D eigenvalue weighted by atomic mass is 10.2. The summed E-state index contributed by atoms with van der Waals surface area (Å²) in [5.74, 6) is -0.974. The predicted molar refractivity (Wildman–Crippen MR) is 99.3 cm³/mol. The topological polar surface area (TPSA) is 49.4 Å². The third-order valence-electron chi connectivity index (χ3n) is 3.49. The molecule has 0 spiro atoms. The third-order valence-corrected chi connectivity index (χ3v) is 4.51. The Balaban J connectivity index is 1.94. The maximum atomic E-state index is 12.6. The van der Waals surface area contributed by atoms with Crippen molar-refractivity contribution in [3.8, 4) is 0 Å². The fourth-order valence-electron chi connectivity index (χ4n) is 2.32. The first-order chi connectivity index (χ1) is 11.0. The number of nitrogens with one attached hydrogen (secondary N) is 1. The Labute approximate surface area is 152 Å². The molecule has 2 aromatic carbocycles. The number of benzene rings is 2. The zero-order valence-electron chi connectivity index (χ0n) is 12.1. The molecule has 3 rings (SSSR count). The standard InChI is InChI=1S/C17H12ClIN2O2/c1-10-9-11(19)7-8-13(10)20-15-14(18)16(22)21(17(15)23)12-5-3-2-4-6-12/h2-9,20H,1H3. The van der Waals surface area contributed by atoms with E-state index in [4.69, 9.17) is 11.6 Å². The van der Waals surface area contributed by atoms with Crippen LogP contribution in [0.3, 0.4) is 0 Å². The lowest BCUT2D eigenvalue weighted by molar-refractivity contribution is -0.120. The molecule has 1 aliphatic heterocycles. The lowest BCUT2D eigenvalue weighted by Gasteiger charge is -2.15. The third kappa shape index (κ3) is 2.98. The van der Waals surface area contributed by atoms with Gasteiger partial charge in [-0.25, -0.2) is 4.90 Å². The molecule has 23 heavy (non-hydrogen) atoms. The van der Waals surface area contributed by atoms with Crippen LogP contribution < -0.4 is 10.2 Å². The summed E-state index contributed by atoms with van der Waals surface area (Å²) in [5.41, 5.74) is 2.31. The summed E-state index contributed by atoms with van der Waals surface area (Å²) in [6, 6.07) is 14.5. The van der Waals surface area contributed by atoms with Crippen molar-refractivity contribution < 1.29 is 9.59 Å². The molecule has 6 heteroatoms. The molecular weight excluding hydrogens is 427 g/mol. The number of anilines is 2. The van der Waals surface area contributed by atoms with E-state index in [0.717, 1.165) is 19.7 Å². The summed E-state index contributed by atoms with van der Waals surface area (Å²) in [7, 11) is 0. The van der Waals surface area contributed by atoms with Crippen LogP contribution >= 0.6 is 34.2 Å². The highest BCUT2D eigenvalue weighted by Crippen LogP contribution is 2.30. The molecule has 0 bridgehead atoms. The minimum absolute atomic E-state index is 0.100. The van der Waals surface area contributed by atoms with E-state index in [-0.39, 0.29) is 10.7 Å². The van der Waals surface area contributed by atoms with Crippen molar-refractivity contribution in [3.05, 3.63) is 68.4 Å². The van der Waals surface area contributed by atoms with Crippen molar-refractivity contribution >= 4 is 57.4 Å². The molecular formula is C17H12ClIN2O2. The maximum absolute atomic E-state index is 12.6. The van der Waals surface area contributed by atoms with Crippen LogP contribution in [-0.4, -0.2) is 11.8 Å². The number of carbonyl (C=O) groups excluding carboxylic acids is 2. The summed E-state index contributed by atoms with van der Waals surface area (Å²) >= 11 is 8.32. The van der Waals surface area contributed by atoms with Crippen LogP contribution in [0.4, 0.5) is 11.4 Å². The van der Waals surface area contributed by atoms with Crippen molar-refractivity contribution in [2.75, 3.05) is 10.2 Å². The number of para-hydroxylation sites is 1. The Hall–Kier alpha value is -1.86. The molecule has 0 aliphatic carbocycles. The Morgan fingerprint density at radius 1 is 1.04 bits per heavy atom. The summed E-state index contributed by atoms with van der Waals surface area (Å²) in [6.07, 6.45) is 0. The van der Waals surface area contributed by atoms with Crippen LogP contribution in [0.25, 0.3) is 0 Å². The molecule has 0 saturated carbocycles. The minimum atomic E-state index is -0.520. The number of rotatable bonds is 3. The molecule has 0 atom stereocenters. The summed E-state index contributed by atoms with van der Waals surface area (Å²) in [4.78, 5) is 26.0. The lowest BCUT2D eigenvalue weighted by Crippen LogP contribution is -2.32. The number of nitrogens with zero attached hydrogens (tertiary/aromatic N) is 1. The largest absolute Gasteiger partial charge is 0.349 e. The van der Waals surface area contributed by atoms with Crippen LogP contribution in [-0.2, 0) is 9.59 Å². The van der Waals surface area contributed by atoms with Gasteiger partial charge >= 0.3 is 0 Å². The molecule has 0 radical (unpaired) electrons. The first-order valence-electron chi connectivity index (χ1n) is 6.86. The van der Waals surface area contributed by atoms with Crippen LogP contribution in [0.15, 0.2) is 59.3 Å². The normalized spacial score (nSPS) is 14.7. The SMILES string of the molecule is Cc1cc(I)ccc1NC1=C(Cl)C(=O)N(c2ccccc2)C1=O. The second-order valence-corrected chi connectivity index (χ2v) is 6.68. The van der Waals surface area contributed by atoms with Gasteiger partial charge in [0.05, 0.1) is 5.69 Å². The molecule has 1 N–H and O–H groups in total. The van der Waals surface area contributed by atoms with Gasteiger partial charge in [0.15, 0.2) is 0 Å². The van der Waals surface area contributed by atoms with Gasteiger partial charge in [-0.15, -0.1) is 0 Å². The maximum Gasteiger partial charge on any atom is 0.283 e. The predicted octanol–water partition coefficient (Wildman–Crippen LogP) is 4.04. The number of carbonyl (C=O) groups is 2. The first kappa shape index (κ1) is 16.0. The molecule has 0 aromatic heterocycles. The molecule has 1 aliphatic rings. The van der Waals surface area contributed by atoms with Gasteiger partial charge in [0.25, 0.3) is 11.8 Å². The van der Waals surface area contributed by atoms with Crippen molar-refractivity contribution in [1.29, 1.82) is 0 Å². The van der Waals surface area contributed by atoms with E-state index >= 15 is 0 Å². The molecule has 0 unspecified atom stereocenters. The van der Waals surface area contributed by atoms with E-state index in [1.54, 1.807) is 24.3 Å². The molecule has 2 amide bonds. The van der Waals surface area contributed by atoms with Gasteiger partial charge in [-0.1, -0.05) is 29.8 Å². The Morgan fingerprint density at radius 2 is 1.74 bits per heavy atom. The molecule has 4 nitrogen and oxygen atoms in total. The smallest absolute Gasteiger partial charge is 0.283 e. The van der Waals surface area contributed by atoms with Crippen molar-refractivity contribution in [2.24, 2.45) is 0 Å². The second-order valence-electron chi connectivity index (χ2n) is 5.05. The number of hydrogen-bond acceptors (Lipinski definition) is 3. The number of amides is 2. The number of hydrogen-bond donors (Lipinski definition) is 1. The number of imide groups is 1. The molecule has 116 valence electrons. The minimum Gasteiger partial charge on any atom is -0.349 e. The van der Waals surface area contributed by atoms with Gasteiger partial charge < -0.3 is 5.32 Å². The average molecular weight is 439 g/mol. The van der Waals surface area contributed by atoms with E-state index in [2.05, 4.69) is 27.9 Å². The van der Waals surface area contributed by atoms with Crippen molar-refractivity contribution in [1.82, 2.24) is 0 Å². The summed E-state index contributed by atoms with van der Waals surface area (Å²) < 4.78 is 1.09. The van der Waals surface area contributed by atoms with Crippen LogP contribution in [0, 0.1) is 10.5 Å². The van der Waals surface area contributed by atoms with Crippen LogP contribution in [0.2, 0.25) is 0 Å². The highest BCUT2D eigenvalue weighted by molar-refractivity contribution is 14.1. The molecule has 2 aromatic rings. The summed E-state index contributed by atoms with van der Waals surface area (Å²) in [5, 5.41) is 2.90. The average Bonchev–Trinajstić information content (AvgIpc) is 2.74. The fraction of sp³-hybridized carbons (Fsp3) is 0.0588. The van der Waals surface area contributed by atoms with E-state index in [1.165, 1.54) is 0 Å². The van der Waals surface area contributed by atoms with E-state index in [1.807, 2.05) is 31.2 Å². The Kier molecular flexibility index (Phi) is 4.41.